The van der Waals surface area contributed by atoms with Crippen molar-refractivity contribution < 1.29 is 14.3 Å². The average molecular weight is 264 g/mol. The summed E-state index contributed by atoms with van der Waals surface area (Å²) in [7, 11) is 0. The predicted octanol–water partition coefficient (Wildman–Crippen LogP) is 2.82. The minimum atomic E-state index is -0.465. The van der Waals surface area contributed by atoms with Crippen LogP contribution in [0.4, 0.5) is 10.5 Å². The van der Waals surface area contributed by atoms with E-state index in [1.807, 2.05) is 26.0 Å². The van der Waals surface area contributed by atoms with Gasteiger partial charge in [0.2, 0.25) is 0 Å². The SMILES string of the molecule is CCOC(=O)Nc1ccc2c(c1)C(N)CC(C)(C)O2. The van der Waals surface area contributed by atoms with Crippen LogP contribution in [0.3, 0.4) is 0 Å². The third-order valence-corrected chi connectivity index (χ3v) is 3.03. The smallest absolute Gasteiger partial charge is 0.411 e. The molecule has 104 valence electrons. The van der Waals surface area contributed by atoms with E-state index in [1.165, 1.54) is 0 Å². The molecule has 1 unspecified atom stereocenters. The molecule has 1 aromatic rings. The standard InChI is InChI=1S/C14H20N2O3/c1-4-18-13(17)16-9-5-6-12-10(7-9)11(15)8-14(2,3)19-12/h5-7,11H,4,8,15H2,1-3H3,(H,16,17). The van der Waals surface area contributed by atoms with E-state index in [2.05, 4.69) is 5.32 Å². The highest BCUT2D eigenvalue weighted by Gasteiger charge is 2.31. The van der Waals surface area contributed by atoms with E-state index >= 15 is 0 Å². The van der Waals surface area contributed by atoms with Crippen molar-refractivity contribution >= 4 is 11.8 Å². The number of fused-ring (bicyclic) bond motifs is 1. The van der Waals surface area contributed by atoms with Crippen LogP contribution in [0.15, 0.2) is 18.2 Å². The lowest BCUT2D eigenvalue weighted by atomic mass is 9.90. The molecular weight excluding hydrogens is 244 g/mol. The Morgan fingerprint density at radius 2 is 2.32 bits per heavy atom. The summed E-state index contributed by atoms with van der Waals surface area (Å²) in [5, 5.41) is 2.66. The number of hydrogen-bond donors (Lipinski definition) is 2. The number of amides is 1. The number of ether oxygens (including phenoxy) is 2. The second-order valence-electron chi connectivity index (χ2n) is 5.27. The lowest BCUT2D eigenvalue weighted by Gasteiger charge is -2.36. The van der Waals surface area contributed by atoms with Crippen molar-refractivity contribution in [2.75, 3.05) is 11.9 Å². The quantitative estimate of drug-likeness (QED) is 0.861. The summed E-state index contributed by atoms with van der Waals surface area (Å²) in [5.74, 6) is 0.776. The van der Waals surface area contributed by atoms with Gasteiger partial charge in [-0.15, -0.1) is 0 Å². The van der Waals surface area contributed by atoms with Gasteiger partial charge in [0.15, 0.2) is 0 Å². The molecule has 0 bridgehead atoms. The molecule has 19 heavy (non-hydrogen) atoms. The molecule has 1 aromatic carbocycles. The fourth-order valence-electron chi connectivity index (χ4n) is 2.27. The predicted molar refractivity (Wildman–Crippen MR) is 73.3 cm³/mol. The van der Waals surface area contributed by atoms with E-state index < -0.39 is 6.09 Å². The summed E-state index contributed by atoms with van der Waals surface area (Å²) in [6.07, 6.45) is 0.274. The number of anilines is 1. The summed E-state index contributed by atoms with van der Waals surface area (Å²) in [6.45, 7) is 6.13. The molecule has 1 atom stereocenters. The minimum absolute atomic E-state index is 0.0947. The zero-order chi connectivity index (χ0) is 14.0. The number of nitrogens with one attached hydrogen (secondary N) is 1. The summed E-state index contributed by atoms with van der Waals surface area (Å²) >= 11 is 0. The molecule has 0 spiro atoms. The third kappa shape index (κ3) is 3.17. The van der Waals surface area contributed by atoms with E-state index in [-0.39, 0.29) is 11.6 Å². The van der Waals surface area contributed by atoms with Crippen molar-refractivity contribution in [3.63, 3.8) is 0 Å². The molecule has 3 N–H and O–H groups in total. The average Bonchev–Trinajstić information content (AvgIpc) is 2.29. The Labute approximate surface area is 113 Å². The number of rotatable bonds is 2. The van der Waals surface area contributed by atoms with Gasteiger partial charge < -0.3 is 15.2 Å². The molecule has 0 saturated heterocycles. The van der Waals surface area contributed by atoms with Gasteiger partial charge in [0.25, 0.3) is 0 Å². The van der Waals surface area contributed by atoms with Crippen LogP contribution in [0.2, 0.25) is 0 Å². The fourth-order valence-corrected chi connectivity index (χ4v) is 2.27. The molecule has 0 aromatic heterocycles. The topological polar surface area (TPSA) is 73.6 Å². The van der Waals surface area contributed by atoms with Gasteiger partial charge in [-0.3, -0.25) is 5.32 Å². The van der Waals surface area contributed by atoms with E-state index in [4.69, 9.17) is 15.2 Å². The van der Waals surface area contributed by atoms with E-state index in [0.717, 1.165) is 17.7 Å². The maximum absolute atomic E-state index is 11.4. The number of carbonyl (C=O) groups is 1. The lowest BCUT2D eigenvalue weighted by molar-refractivity contribution is 0.0729. The summed E-state index contributed by atoms with van der Waals surface area (Å²) in [5.41, 5.74) is 7.47. The molecule has 0 aliphatic carbocycles. The molecule has 5 heteroatoms. The first-order valence-electron chi connectivity index (χ1n) is 6.43. The molecule has 2 rings (SSSR count). The zero-order valence-corrected chi connectivity index (χ0v) is 11.5. The van der Waals surface area contributed by atoms with Crippen molar-refractivity contribution in [2.24, 2.45) is 5.73 Å². The fraction of sp³-hybridized carbons (Fsp3) is 0.500. The van der Waals surface area contributed by atoms with Gasteiger partial charge in [-0.1, -0.05) is 0 Å². The molecule has 1 amide bonds. The largest absolute Gasteiger partial charge is 0.487 e. The van der Waals surface area contributed by atoms with Gasteiger partial charge in [0.05, 0.1) is 6.61 Å². The van der Waals surface area contributed by atoms with Crippen LogP contribution in [0.25, 0.3) is 0 Å². The number of hydrogen-bond acceptors (Lipinski definition) is 4. The van der Waals surface area contributed by atoms with Crippen LogP contribution < -0.4 is 15.8 Å². The first-order chi connectivity index (χ1) is 8.91. The van der Waals surface area contributed by atoms with Crippen molar-refractivity contribution in [3.05, 3.63) is 23.8 Å². The Kier molecular flexibility index (Phi) is 3.66. The second-order valence-corrected chi connectivity index (χ2v) is 5.27. The van der Waals surface area contributed by atoms with Crippen LogP contribution in [0, 0.1) is 0 Å². The van der Waals surface area contributed by atoms with E-state index in [0.29, 0.717) is 12.3 Å². The molecule has 0 saturated carbocycles. The van der Waals surface area contributed by atoms with Crippen molar-refractivity contribution in [1.29, 1.82) is 0 Å². The van der Waals surface area contributed by atoms with Crippen molar-refractivity contribution in [1.82, 2.24) is 0 Å². The minimum Gasteiger partial charge on any atom is -0.487 e. The highest BCUT2D eigenvalue weighted by Crippen LogP contribution is 2.39. The van der Waals surface area contributed by atoms with Gasteiger partial charge in [-0.2, -0.15) is 0 Å². The highest BCUT2D eigenvalue weighted by molar-refractivity contribution is 5.84. The number of carbonyl (C=O) groups excluding carboxylic acids is 1. The van der Waals surface area contributed by atoms with Gasteiger partial charge in [0, 0.05) is 23.7 Å². The molecular formula is C14H20N2O3. The van der Waals surface area contributed by atoms with Gasteiger partial charge in [-0.25, -0.2) is 4.79 Å². The van der Waals surface area contributed by atoms with Crippen molar-refractivity contribution in [3.8, 4) is 5.75 Å². The van der Waals surface area contributed by atoms with Gasteiger partial charge >= 0.3 is 6.09 Å². The van der Waals surface area contributed by atoms with Crippen molar-refractivity contribution in [2.45, 2.75) is 38.8 Å². The lowest BCUT2D eigenvalue weighted by Crippen LogP contribution is -2.37. The van der Waals surface area contributed by atoms with Crippen LogP contribution in [-0.4, -0.2) is 18.3 Å². The Morgan fingerprint density at radius 3 is 3.00 bits per heavy atom. The Morgan fingerprint density at radius 1 is 1.58 bits per heavy atom. The zero-order valence-electron chi connectivity index (χ0n) is 11.5. The van der Waals surface area contributed by atoms with Crippen LogP contribution in [0.5, 0.6) is 5.75 Å². The first kappa shape index (κ1) is 13.7. The van der Waals surface area contributed by atoms with E-state index in [1.54, 1.807) is 13.0 Å². The van der Waals surface area contributed by atoms with Crippen LogP contribution >= 0.6 is 0 Å². The maximum atomic E-state index is 11.4. The van der Waals surface area contributed by atoms with Crippen LogP contribution in [-0.2, 0) is 4.74 Å². The normalized spacial score (nSPS) is 20.1. The Bertz CT molecular complexity index is 486. The number of benzene rings is 1. The van der Waals surface area contributed by atoms with E-state index in [9.17, 15) is 4.79 Å². The van der Waals surface area contributed by atoms with Crippen LogP contribution in [0.1, 0.15) is 38.8 Å². The summed E-state index contributed by atoms with van der Waals surface area (Å²) in [6, 6.07) is 5.36. The van der Waals surface area contributed by atoms with Gasteiger partial charge in [-0.05, 0) is 39.0 Å². The molecule has 0 fully saturated rings. The second kappa shape index (κ2) is 5.09. The Hall–Kier alpha value is -1.75. The number of nitrogens with two attached hydrogens (primary N) is 1. The highest BCUT2D eigenvalue weighted by atomic mass is 16.5. The molecule has 5 nitrogen and oxygen atoms in total. The molecule has 1 heterocycles. The summed E-state index contributed by atoms with van der Waals surface area (Å²) in [4.78, 5) is 11.4. The monoisotopic (exact) mass is 264 g/mol. The molecule has 1 aliphatic heterocycles. The maximum Gasteiger partial charge on any atom is 0.411 e. The summed E-state index contributed by atoms with van der Waals surface area (Å²) < 4.78 is 10.7. The third-order valence-electron chi connectivity index (χ3n) is 3.03. The molecule has 1 aliphatic rings. The first-order valence-corrected chi connectivity index (χ1v) is 6.43. The Balaban J connectivity index is 2.20. The van der Waals surface area contributed by atoms with Gasteiger partial charge in [0.1, 0.15) is 11.4 Å². The molecule has 0 radical (unpaired) electrons.